The smallest absolute Gasteiger partial charge is 0.265 e. The van der Waals surface area contributed by atoms with E-state index in [4.69, 9.17) is 5.73 Å². The van der Waals surface area contributed by atoms with Gasteiger partial charge in [0.05, 0.1) is 11.4 Å². The Morgan fingerprint density at radius 2 is 1.86 bits per heavy atom. The summed E-state index contributed by atoms with van der Waals surface area (Å²) in [5, 5.41) is 9.11. The predicted molar refractivity (Wildman–Crippen MR) is 86.8 cm³/mol. The number of fused-ring (bicyclic) bond motifs is 1. The minimum atomic E-state index is -0.0607. The third kappa shape index (κ3) is 2.98. The topological polar surface area (TPSA) is 75.4 Å². The van der Waals surface area contributed by atoms with Crippen LogP contribution in [0.3, 0.4) is 0 Å². The fourth-order valence-corrected chi connectivity index (χ4v) is 3.12. The SMILES string of the molecule is Cc1nnc2sc(C(=O)N(C)CCN(C)C)c(N)c2c1C. The van der Waals surface area contributed by atoms with Gasteiger partial charge in [0.1, 0.15) is 9.71 Å². The molecule has 0 aromatic carbocycles. The second-order valence-corrected chi connectivity index (χ2v) is 6.46. The lowest BCUT2D eigenvalue weighted by molar-refractivity contribution is 0.0792. The Labute approximate surface area is 128 Å². The molecule has 0 saturated carbocycles. The lowest BCUT2D eigenvalue weighted by atomic mass is 10.1. The van der Waals surface area contributed by atoms with Gasteiger partial charge in [0.15, 0.2) is 0 Å². The van der Waals surface area contributed by atoms with Crippen LogP contribution < -0.4 is 5.73 Å². The Hall–Kier alpha value is -1.73. The number of likely N-dealkylation sites (N-methyl/N-ethyl adjacent to an activating group) is 2. The van der Waals surface area contributed by atoms with Gasteiger partial charge in [0, 0.05) is 25.5 Å². The molecule has 2 aromatic rings. The summed E-state index contributed by atoms with van der Waals surface area (Å²) in [6.07, 6.45) is 0. The lowest BCUT2D eigenvalue weighted by Crippen LogP contribution is -2.33. The first kappa shape index (κ1) is 15.7. The summed E-state index contributed by atoms with van der Waals surface area (Å²) in [6, 6.07) is 0. The molecule has 0 aliphatic heterocycles. The molecular formula is C14H21N5OS. The van der Waals surface area contributed by atoms with E-state index in [9.17, 15) is 4.79 Å². The number of anilines is 1. The van der Waals surface area contributed by atoms with Gasteiger partial charge in [-0.05, 0) is 33.5 Å². The molecular weight excluding hydrogens is 286 g/mol. The third-order valence-electron chi connectivity index (χ3n) is 3.56. The predicted octanol–water partition coefficient (Wildman–Crippen LogP) is 1.52. The van der Waals surface area contributed by atoms with Crippen molar-refractivity contribution >= 4 is 33.1 Å². The van der Waals surface area contributed by atoms with E-state index in [1.54, 1.807) is 11.9 Å². The van der Waals surface area contributed by atoms with Crippen LogP contribution in [0.1, 0.15) is 20.9 Å². The van der Waals surface area contributed by atoms with Crippen LogP contribution in [0.25, 0.3) is 10.2 Å². The van der Waals surface area contributed by atoms with Gasteiger partial charge in [-0.2, -0.15) is 5.10 Å². The first-order chi connectivity index (χ1) is 9.82. The molecule has 0 radical (unpaired) electrons. The number of amides is 1. The average Bonchev–Trinajstić information content (AvgIpc) is 2.77. The fourth-order valence-electron chi connectivity index (χ4n) is 2.02. The number of rotatable bonds is 4. The van der Waals surface area contributed by atoms with E-state index in [1.165, 1.54) is 11.3 Å². The first-order valence-corrected chi connectivity index (χ1v) is 7.56. The van der Waals surface area contributed by atoms with Crippen LogP contribution >= 0.6 is 11.3 Å². The van der Waals surface area contributed by atoms with Crippen molar-refractivity contribution in [1.29, 1.82) is 0 Å². The second-order valence-electron chi connectivity index (χ2n) is 5.47. The van der Waals surface area contributed by atoms with Gasteiger partial charge in [-0.25, -0.2) is 0 Å². The van der Waals surface area contributed by atoms with Crippen molar-refractivity contribution in [2.24, 2.45) is 0 Å². The molecule has 2 rings (SSSR count). The molecule has 6 nitrogen and oxygen atoms in total. The molecule has 0 saturated heterocycles. The minimum Gasteiger partial charge on any atom is -0.397 e. The highest BCUT2D eigenvalue weighted by Gasteiger charge is 2.22. The molecule has 0 bridgehead atoms. The van der Waals surface area contributed by atoms with Crippen LogP contribution in [0, 0.1) is 13.8 Å². The van der Waals surface area contributed by atoms with Gasteiger partial charge in [-0.15, -0.1) is 16.4 Å². The van der Waals surface area contributed by atoms with Crippen LogP contribution in [0.15, 0.2) is 0 Å². The number of hydrogen-bond donors (Lipinski definition) is 1. The van der Waals surface area contributed by atoms with Crippen molar-refractivity contribution in [2.45, 2.75) is 13.8 Å². The molecule has 0 spiro atoms. The maximum absolute atomic E-state index is 12.5. The average molecular weight is 307 g/mol. The van der Waals surface area contributed by atoms with Crippen LogP contribution in [0.2, 0.25) is 0 Å². The highest BCUT2D eigenvalue weighted by molar-refractivity contribution is 7.21. The molecule has 21 heavy (non-hydrogen) atoms. The van der Waals surface area contributed by atoms with E-state index in [0.717, 1.165) is 28.0 Å². The number of aromatic nitrogens is 2. The standard InChI is InChI=1S/C14H21N5OS/c1-8-9(2)16-17-13-10(8)11(15)12(21-13)14(20)19(5)7-6-18(3)4/h6-7,15H2,1-5H3. The van der Waals surface area contributed by atoms with Crippen LogP contribution in [0.4, 0.5) is 5.69 Å². The molecule has 0 aliphatic carbocycles. The molecule has 1 amide bonds. The Balaban J connectivity index is 2.36. The highest BCUT2D eigenvalue weighted by Crippen LogP contribution is 2.35. The van der Waals surface area contributed by atoms with Crippen molar-refractivity contribution < 1.29 is 4.79 Å². The zero-order valence-corrected chi connectivity index (χ0v) is 13.9. The number of nitrogens with zero attached hydrogens (tertiary/aromatic N) is 4. The Morgan fingerprint density at radius 1 is 1.19 bits per heavy atom. The molecule has 2 heterocycles. The van der Waals surface area contributed by atoms with Gasteiger partial charge in [-0.3, -0.25) is 4.79 Å². The summed E-state index contributed by atoms with van der Waals surface area (Å²) in [7, 11) is 5.75. The maximum Gasteiger partial charge on any atom is 0.265 e. The summed E-state index contributed by atoms with van der Waals surface area (Å²) >= 11 is 1.31. The van der Waals surface area contributed by atoms with Crippen molar-refractivity contribution in [3.05, 3.63) is 16.1 Å². The zero-order chi connectivity index (χ0) is 15.7. The van der Waals surface area contributed by atoms with Gasteiger partial charge < -0.3 is 15.5 Å². The number of hydrogen-bond acceptors (Lipinski definition) is 6. The number of nitrogen functional groups attached to an aromatic ring is 1. The molecule has 2 aromatic heterocycles. The van der Waals surface area contributed by atoms with Crippen molar-refractivity contribution in [3.8, 4) is 0 Å². The quantitative estimate of drug-likeness (QED) is 0.927. The number of nitrogens with two attached hydrogens (primary N) is 1. The largest absolute Gasteiger partial charge is 0.397 e. The van der Waals surface area contributed by atoms with E-state index < -0.39 is 0 Å². The van der Waals surface area contributed by atoms with Gasteiger partial charge >= 0.3 is 0 Å². The first-order valence-electron chi connectivity index (χ1n) is 6.75. The number of thiophene rings is 1. The van der Waals surface area contributed by atoms with Crippen molar-refractivity contribution in [3.63, 3.8) is 0 Å². The second kappa shape index (κ2) is 5.95. The zero-order valence-electron chi connectivity index (χ0n) is 13.1. The Bertz CT molecular complexity index is 680. The molecule has 2 N–H and O–H groups in total. The van der Waals surface area contributed by atoms with E-state index in [0.29, 0.717) is 17.1 Å². The van der Waals surface area contributed by atoms with Gasteiger partial charge in [-0.1, -0.05) is 0 Å². The highest BCUT2D eigenvalue weighted by atomic mass is 32.1. The van der Waals surface area contributed by atoms with Crippen molar-refractivity contribution in [2.75, 3.05) is 40.0 Å². The van der Waals surface area contributed by atoms with Gasteiger partial charge in [0.25, 0.3) is 5.91 Å². The number of carbonyl (C=O) groups excluding carboxylic acids is 1. The molecule has 0 atom stereocenters. The van der Waals surface area contributed by atoms with Crippen LogP contribution in [-0.4, -0.2) is 60.1 Å². The molecule has 0 aliphatic rings. The molecule has 114 valence electrons. The summed E-state index contributed by atoms with van der Waals surface area (Å²) in [5.41, 5.74) is 8.54. The van der Waals surface area contributed by atoms with Crippen LogP contribution in [0.5, 0.6) is 0 Å². The van der Waals surface area contributed by atoms with E-state index in [2.05, 4.69) is 10.2 Å². The summed E-state index contributed by atoms with van der Waals surface area (Å²) in [4.78, 5) is 17.5. The number of aryl methyl sites for hydroxylation is 2. The van der Waals surface area contributed by atoms with Crippen molar-refractivity contribution in [1.82, 2.24) is 20.0 Å². The maximum atomic E-state index is 12.5. The molecule has 0 unspecified atom stereocenters. The normalized spacial score (nSPS) is 11.3. The Morgan fingerprint density at radius 3 is 2.48 bits per heavy atom. The Kier molecular flexibility index (Phi) is 4.43. The summed E-state index contributed by atoms with van der Waals surface area (Å²) < 4.78 is 0. The minimum absolute atomic E-state index is 0.0607. The summed E-state index contributed by atoms with van der Waals surface area (Å²) in [5.74, 6) is -0.0607. The number of carbonyl (C=O) groups is 1. The monoisotopic (exact) mass is 307 g/mol. The summed E-state index contributed by atoms with van der Waals surface area (Å²) in [6.45, 7) is 5.32. The van der Waals surface area contributed by atoms with Crippen LogP contribution in [-0.2, 0) is 0 Å². The third-order valence-corrected chi connectivity index (χ3v) is 4.64. The molecule has 0 fully saturated rings. The fraction of sp³-hybridized carbons (Fsp3) is 0.500. The van der Waals surface area contributed by atoms with Gasteiger partial charge in [0.2, 0.25) is 0 Å². The molecule has 7 heteroatoms. The van der Waals surface area contributed by atoms with E-state index in [-0.39, 0.29) is 5.91 Å². The lowest BCUT2D eigenvalue weighted by Gasteiger charge is -2.19. The van der Waals surface area contributed by atoms with E-state index >= 15 is 0 Å². The van der Waals surface area contributed by atoms with E-state index in [1.807, 2.05) is 32.8 Å².